The number of carbonyl (C=O) groups excluding carboxylic acids is 1. The van der Waals surface area contributed by atoms with Crippen LogP contribution in [0.25, 0.3) is 0 Å². The lowest BCUT2D eigenvalue weighted by Crippen LogP contribution is -2.58. The van der Waals surface area contributed by atoms with Crippen LogP contribution in [0.5, 0.6) is 0 Å². The van der Waals surface area contributed by atoms with Crippen molar-refractivity contribution in [2.75, 3.05) is 26.2 Å². The zero-order valence-electron chi connectivity index (χ0n) is 9.74. The van der Waals surface area contributed by atoms with E-state index in [-0.39, 0.29) is 5.91 Å². The minimum Gasteiger partial charge on any atom is -0.351 e. The normalized spacial score (nSPS) is 37.4. The molecule has 90 valence electrons. The zero-order chi connectivity index (χ0) is 11.0. The van der Waals surface area contributed by atoms with Crippen molar-refractivity contribution in [3.8, 4) is 0 Å². The molecule has 3 heterocycles. The predicted octanol–water partition coefficient (Wildman–Crippen LogP) is -0.0512. The monoisotopic (exact) mass is 223 g/mol. The van der Waals surface area contributed by atoms with E-state index in [1.165, 1.54) is 38.8 Å². The summed E-state index contributed by atoms with van der Waals surface area (Å²) in [4.78, 5) is 14.2. The molecule has 16 heavy (non-hydrogen) atoms. The van der Waals surface area contributed by atoms with Crippen molar-refractivity contribution in [3.05, 3.63) is 0 Å². The standard InChI is InChI=1S/C12H21N3O/c16-12(7-13-10-1-2-10)14-11-8-15-5-3-9(11)4-6-15/h9-11,13H,1-8H2,(H,14,16). The first-order valence-electron chi connectivity index (χ1n) is 6.56. The van der Waals surface area contributed by atoms with Gasteiger partial charge in [-0.2, -0.15) is 0 Å². The molecule has 0 radical (unpaired) electrons. The average molecular weight is 223 g/mol. The van der Waals surface area contributed by atoms with Crippen LogP contribution < -0.4 is 10.6 Å². The Hall–Kier alpha value is -0.610. The van der Waals surface area contributed by atoms with Gasteiger partial charge in [0, 0.05) is 18.6 Å². The van der Waals surface area contributed by atoms with Crippen LogP contribution >= 0.6 is 0 Å². The molecule has 0 aromatic heterocycles. The molecule has 2 bridgehead atoms. The highest BCUT2D eigenvalue weighted by atomic mass is 16.2. The number of fused-ring (bicyclic) bond motifs is 3. The summed E-state index contributed by atoms with van der Waals surface area (Å²) >= 11 is 0. The molecule has 3 saturated heterocycles. The Labute approximate surface area is 96.8 Å². The van der Waals surface area contributed by atoms with Crippen molar-refractivity contribution in [3.63, 3.8) is 0 Å². The number of hydrogen-bond acceptors (Lipinski definition) is 3. The maximum atomic E-state index is 11.7. The van der Waals surface area contributed by atoms with Crippen LogP contribution in [0.2, 0.25) is 0 Å². The van der Waals surface area contributed by atoms with Gasteiger partial charge in [-0.1, -0.05) is 0 Å². The van der Waals surface area contributed by atoms with Crippen molar-refractivity contribution in [2.45, 2.75) is 37.8 Å². The Bertz CT molecular complexity index is 269. The first-order chi connectivity index (χ1) is 7.81. The second-order valence-corrected chi connectivity index (χ2v) is 5.47. The molecule has 4 rings (SSSR count). The summed E-state index contributed by atoms with van der Waals surface area (Å²) in [5.74, 6) is 0.917. The molecule has 4 fully saturated rings. The van der Waals surface area contributed by atoms with Crippen LogP contribution in [0.4, 0.5) is 0 Å². The molecule has 0 aromatic rings. The molecule has 1 atom stereocenters. The van der Waals surface area contributed by atoms with Gasteiger partial charge >= 0.3 is 0 Å². The molecule has 2 N–H and O–H groups in total. The predicted molar refractivity (Wildman–Crippen MR) is 62.1 cm³/mol. The minimum atomic E-state index is 0.186. The van der Waals surface area contributed by atoms with Gasteiger partial charge in [0.1, 0.15) is 0 Å². The van der Waals surface area contributed by atoms with Gasteiger partial charge in [0.05, 0.1) is 6.54 Å². The van der Waals surface area contributed by atoms with Crippen molar-refractivity contribution < 1.29 is 4.79 Å². The second-order valence-electron chi connectivity index (χ2n) is 5.47. The lowest BCUT2D eigenvalue weighted by molar-refractivity contribution is -0.122. The van der Waals surface area contributed by atoms with Crippen LogP contribution in [0.3, 0.4) is 0 Å². The third-order valence-corrected chi connectivity index (χ3v) is 4.13. The van der Waals surface area contributed by atoms with Crippen LogP contribution in [-0.4, -0.2) is 49.1 Å². The van der Waals surface area contributed by atoms with Gasteiger partial charge in [0.25, 0.3) is 0 Å². The van der Waals surface area contributed by atoms with E-state index in [4.69, 9.17) is 0 Å². The Morgan fingerprint density at radius 2 is 1.94 bits per heavy atom. The number of nitrogens with zero attached hydrogens (tertiary/aromatic N) is 1. The van der Waals surface area contributed by atoms with Crippen molar-refractivity contribution in [2.24, 2.45) is 5.92 Å². The second kappa shape index (κ2) is 4.34. The summed E-state index contributed by atoms with van der Waals surface area (Å²) in [7, 11) is 0. The van der Waals surface area contributed by atoms with Gasteiger partial charge in [0.2, 0.25) is 5.91 Å². The van der Waals surface area contributed by atoms with E-state index in [2.05, 4.69) is 15.5 Å². The quantitative estimate of drug-likeness (QED) is 0.702. The SMILES string of the molecule is O=C(CNC1CC1)NC1CN2CCC1CC2. The summed E-state index contributed by atoms with van der Waals surface area (Å²) in [6, 6.07) is 1.04. The van der Waals surface area contributed by atoms with Crippen molar-refractivity contribution in [1.29, 1.82) is 0 Å². The molecular formula is C12H21N3O. The maximum Gasteiger partial charge on any atom is 0.234 e. The number of carbonyl (C=O) groups is 1. The van der Waals surface area contributed by atoms with Gasteiger partial charge < -0.3 is 15.5 Å². The Kier molecular flexibility index (Phi) is 2.86. The molecule has 0 aromatic carbocycles. The first kappa shape index (κ1) is 10.5. The Morgan fingerprint density at radius 3 is 2.50 bits per heavy atom. The summed E-state index contributed by atoms with van der Waals surface area (Å²) in [5, 5.41) is 6.45. The molecule has 4 heteroatoms. The van der Waals surface area contributed by atoms with Gasteiger partial charge in [0.15, 0.2) is 0 Å². The average Bonchev–Trinajstić information content (AvgIpc) is 3.12. The minimum absolute atomic E-state index is 0.186. The van der Waals surface area contributed by atoms with E-state index in [0.29, 0.717) is 18.6 Å². The van der Waals surface area contributed by atoms with E-state index in [1.807, 2.05) is 0 Å². The molecular weight excluding hydrogens is 202 g/mol. The summed E-state index contributed by atoms with van der Waals surface area (Å²) in [5.41, 5.74) is 0. The molecule has 4 nitrogen and oxygen atoms in total. The first-order valence-corrected chi connectivity index (χ1v) is 6.56. The van der Waals surface area contributed by atoms with Crippen LogP contribution in [0.1, 0.15) is 25.7 Å². The highest BCUT2D eigenvalue weighted by Crippen LogP contribution is 2.27. The van der Waals surface area contributed by atoms with Crippen LogP contribution in [-0.2, 0) is 4.79 Å². The summed E-state index contributed by atoms with van der Waals surface area (Å²) in [6.45, 7) is 4.04. The van der Waals surface area contributed by atoms with Gasteiger partial charge in [-0.15, -0.1) is 0 Å². The summed E-state index contributed by atoms with van der Waals surface area (Å²) in [6.07, 6.45) is 5.02. The number of amides is 1. The molecule has 1 amide bonds. The largest absolute Gasteiger partial charge is 0.351 e. The molecule has 1 saturated carbocycles. The number of piperidine rings is 3. The Balaban J connectivity index is 1.44. The highest BCUT2D eigenvalue weighted by molar-refractivity contribution is 5.78. The fourth-order valence-electron chi connectivity index (χ4n) is 2.91. The fraction of sp³-hybridized carbons (Fsp3) is 0.917. The fourth-order valence-corrected chi connectivity index (χ4v) is 2.91. The third kappa shape index (κ3) is 2.38. The van der Waals surface area contributed by atoms with Crippen LogP contribution in [0.15, 0.2) is 0 Å². The number of nitrogens with one attached hydrogen (secondary N) is 2. The van der Waals surface area contributed by atoms with E-state index in [1.54, 1.807) is 0 Å². The van der Waals surface area contributed by atoms with E-state index >= 15 is 0 Å². The molecule has 1 unspecified atom stereocenters. The van der Waals surface area contributed by atoms with Crippen molar-refractivity contribution in [1.82, 2.24) is 15.5 Å². The number of rotatable bonds is 4. The van der Waals surface area contributed by atoms with Crippen molar-refractivity contribution >= 4 is 5.91 Å². The highest BCUT2D eigenvalue weighted by Gasteiger charge is 2.34. The molecule has 4 aliphatic rings. The van der Waals surface area contributed by atoms with Gasteiger partial charge in [-0.25, -0.2) is 0 Å². The number of hydrogen-bond donors (Lipinski definition) is 2. The van der Waals surface area contributed by atoms with E-state index < -0.39 is 0 Å². The molecule has 1 aliphatic carbocycles. The lowest BCUT2D eigenvalue weighted by Gasteiger charge is -2.44. The molecule has 0 spiro atoms. The van der Waals surface area contributed by atoms with E-state index in [9.17, 15) is 4.79 Å². The third-order valence-electron chi connectivity index (χ3n) is 4.13. The maximum absolute atomic E-state index is 11.7. The van der Waals surface area contributed by atoms with Gasteiger partial charge in [-0.3, -0.25) is 4.79 Å². The smallest absolute Gasteiger partial charge is 0.234 e. The topological polar surface area (TPSA) is 44.4 Å². The van der Waals surface area contributed by atoms with Gasteiger partial charge in [-0.05, 0) is 44.7 Å². The zero-order valence-corrected chi connectivity index (χ0v) is 9.74. The van der Waals surface area contributed by atoms with Crippen LogP contribution in [0, 0.1) is 5.92 Å². The summed E-state index contributed by atoms with van der Waals surface area (Å²) < 4.78 is 0. The lowest BCUT2D eigenvalue weighted by atomic mass is 9.84. The Morgan fingerprint density at radius 1 is 1.19 bits per heavy atom. The van der Waals surface area contributed by atoms with E-state index in [0.717, 1.165) is 12.5 Å². The molecule has 3 aliphatic heterocycles.